The second-order valence-corrected chi connectivity index (χ2v) is 13.9. The molecule has 9 nitrogen and oxygen atoms in total. The zero-order valence-electron chi connectivity index (χ0n) is 27.9. The van der Waals surface area contributed by atoms with Gasteiger partial charge in [-0.2, -0.15) is 5.26 Å². The van der Waals surface area contributed by atoms with E-state index in [0.29, 0.717) is 50.8 Å². The number of thiophene rings is 1. The lowest BCUT2D eigenvalue weighted by Gasteiger charge is -2.30. The third kappa shape index (κ3) is 5.43. The summed E-state index contributed by atoms with van der Waals surface area (Å²) in [5, 5.41) is 11.1. The molecule has 6 rings (SSSR count). The number of aromatic nitrogens is 2. The maximum Gasteiger partial charge on any atom is 0.271 e. The van der Waals surface area contributed by atoms with Crippen LogP contribution < -0.4 is 24.4 Å². The quantitative estimate of drug-likeness (QED) is 0.252. The van der Waals surface area contributed by atoms with Crippen LogP contribution in [0.2, 0.25) is 0 Å². The highest BCUT2D eigenvalue weighted by Crippen LogP contribution is 2.39. The highest BCUT2D eigenvalue weighted by molar-refractivity contribution is 7.15. The topological polar surface area (TPSA) is 102 Å². The Morgan fingerprint density at radius 2 is 1.85 bits per heavy atom. The normalized spacial score (nSPS) is 16.0. The fourth-order valence-electron chi connectivity index (χ4n) is 6.84. The number of nitriles is 1. The van der Waals surface area contributed by atoms with Gasteiger partial charge in [-0.05, 0) is 102 Å². The number of aryl methyl sites for hydroxylation is 2. The Morgan fingerprint density at radius 3 is 2.53 bits per heavy atom. The summed E-state index contributed by atoms with van der Waals surface area (Å²) in [5.74, 6) is 0.961. The van der Waals surface area contributed by atoms with Crippen molar-refractivity contribution in [3.8, 4) is 22.6 Å². The first-order chi connectivity index (χ1) is 22.7. The van der Waals surface area contributed by atoms with Crippen molar-refractivity contribution in [3.63, 3.8) is 0 Å². The lowest BCUT2D eigenvalue weighted by Crippen LogP contribution is -2.43. The Bertz CT molecular complexity index is 2150. The number of hydrogen-bond acceptors (Lipinski definition) is 8. The molecule has 2 aliphatic rings. The molecule has 0 unspecified atom stereocenters. The van der Waals surface area contributed by atoms with E-state index in [2.05, 4.69) is 16.7 Å². The molecule has 1 aliphatic heterocycles. The molecular weight excluding hydrogens is 631 g/mol. The smallest absolute Gasteiger partial charge is 0.271 e. The van der Waals surface area contributed by atoms with Crippen molar-refractivity contribution in [2.75, 3.05) is 27.3 Å². The van der Waals surface area contributed by atoms with Crippen LogP contribution in [0.25, 0.3) is 11.1 Å². The van der Waals surface area contributed by atoms with Crippen LogP contribution in [-0.2, 0) is 17.6 Å². The van der Waals surface area contributed by atoms with Gasteiger partial charge in [0.15, 0.2) is 4.80 Å². The third-order valence-corrected chi connectivity index (χ3v) is 11.5. The van der Waals surface area contributed by atoms with E-state index < -0.39 is 6.04 Å². The molecule has 0 saturated heterocycles. The molecule has 0 spiro atoms. The molecule has 1 atom stereocenters. The molecule has 0 bridgehead atoms. The molecule has 0 fully saturated rings. The Hall–Kier alpha value is -4.40. The van der Waals surface area contributed by atoms with E-state index in [1.807, 2.05) is 46.8 Å². The molecule has 1 aromatic carbocycles. The second-order valence-electron chi connectivity index (χ2n) is 11.8. The number of benzene rings is 1. The fraction of sp³-hybridized carbons (Fsp3) is 0.389. The summed E-state index contributed by atoms with van der Waals surface area (Å²) in [6, 6.07) is 9.21. The number of allylic oxidation sites excluding steroid dienone is 1. The van der Waals surface area contributed by atoms with E-state index in [4.69, 9.17) is 14.5 Å². The number of likely N-dealkylation sites (N-methyl/N-ethyl adjacent to an activating group) is 1. The first kappa shape index (κ1) is 32.5. The average Bonchev–Trinajstić information content (AvgIpc) is 3.69. The van der Waals surface area contributed by atoms with Gasteiger partial charge in [0.1, 0.15) is 28.6 Å². The van der Waals surface area contributed by atoms with Gasteiger partial charge in [-0.15, -0.1) is 11.3 Å². The number of amides is 1. The van der Waals surface area contributed by atoms with Crippen LogP contribution in [-0.4, -0.2) is 47.3 Å². The van der Waals surface area contributed by atoms with Crippen LogP contribution in [0, 0.1) is 25.2 Å². The van der Waals surface area contributed by atoms with Gasteiger partial charge in [-0.3, -0.25) is 14.2 Å². The molecule has 4 aromatic rings. The maximum absolute atomic E-state index is 14.5. The molecule has 0 radical (unpaired) electrons. The Kier molecular flexibility index (Phi) is 9.01. The van der Waals surface area contributed by atoms with Crippen molar-refractivity contribution in [2.45, 2.75) is 66.3 Å². The number of ether oxygens (including phenoxy) is 2. The van der Waals surface area contributed by atoms with E-state index in [1.54, 1.807) is 47.2 Å². The van der Waals surface area contributed by atoms with Crippen LogP contribution in [0.5, 0.6) is 11.5 Å². The van der Waals surface area contributed by atoms with E-state index in [1.165, 1.54) is 21.8 Å². The predicted octanol–water partition coefficient (Wildman–Crippen LogP) is 5.34. The second kappa shape index (κ2) is 13.0. The van der Waals surface area contributed by atoms with Crippen molar-refractivity contribution in [1.82, 2.24) is 14.0 Å². The molecule has 1 aliphatic carbocycles. The molecule has 0 N–H and O–H groups in total. The van der Waals surface area contributed by atoms with E-state index in [0.717, 1.165) is 53.2 Å². The summed E-state index contributed by atoms with van der Waals surface area (Å²) in [4.78, 5) is 36.9. The number of nitrogens with zero attached hydrogens (tertiary/aromatic N) is 5. The molecule has 3 aromatic heterocycles. The zero-order chi connectivity index (χ0) is 33.6. The van der Waals surface area contributed by atoms with E-state index >= 15 is 0 Å². The average molecular weight is 670 g/mol. The Labute approximate surface area is 282 Å². The fourth-order valence-corrected chi connectivity index (χ4v) is 9.32. The number of rotatable bonds is 8. The van der Waals surface area contributed by atoms with Gasteiger partial charge < -0.3 is 18.9 Å². The Balaban J connectivity index is 1.55. The van der Waals surface area contributed by atoms with E-state index in [9.17, 15) is 14.9 Å². The summed E-state index contributed by atoms with van der Waals surface area (Å²) < 4.78 is 15.6. The van der Waals surface area contributed by atoms with Gasteiger partial charge in [0.05, 0.1) is 35.6 Å². The van der Waals surface area contributed by atoms with Crippen molar-refractivity contribution in [2.24, 2.45) is 4.99 Å². The van der Waals surface area contributed by atoms with Crippen LogP contribution in [0.4, 0.5) is 0 Å². The van der Waals surface area contributed by atoms with Crippen molar-refractivity contribution in [3.05, 3.63) is 93.7 Å². The minimum absolute atomic E-state index is 0.170. The van der Waals surface area contributed by atoms with Crippen molar-refractivity contribution >= 4 is 34.7 Å². The lowest BCUT2D eigenvalue weighted by molar-refractivity contribution is -0.127. The molecule has 0 saturated carbocycles. The number of carbonyl (C=O) groups excluding carboxylic acids is 1. The van der Waals surface area contributed by atoms with E-state index in [-0.39, 0.29) is 11.5 Å². The van der Waals surface area contributed by atoms with Crippen LogP contribution >= 0.6 is 22.7 Å². The summed E-state index contributed by atoms with van der Waals surface area (Å²) in [5.41, 5.74) is 6.22. The number of carbonyl (C=O) groups is 1. The summed E-state index contributed by atoms with van der Waals surface area (Å²) >= 11 is 3.01. The highest BCUT2D eigenvalue weighted by atomic mass is 32.1. The summed E-state index contributed by atoms with van der Waals surface area (Å²) in [6.07, 6.45) is 6.13. The predicted molar refractivity (Wildman–Crippen MR) is 186 cm³/mol. The van der Waals surface area contributed by atoms with Gasteiger partial charge in [0.25, 0.3) is 11.5 Å². The molecule has 47 heavy (non-hydrogen) atoms. The van der Waals surface area contributed by atoms with Gasteiger partial charge >= 0.3 is 0 Å². The minimum Gasteiger partial charge on any atom is -0.497 e. The van der Waals surface area contributed by atoms with Crippen LogP contribution in [0.15, 0.2) is 45.3 Å². The van der Waals surface area contributed by atoms with Gasteiger partial charge in [0, 0.05) is 34.9 Å². The maximum atomic E-state index is 14.5. The highest BCUT2D eigenvalue weighted by Gasteiger charge is 2.36. The van der Waals surface area contributed by atoms with Crippen molar-refractivity contribution < 1.29 is 14.3 Å². The molecule has 1 amide bonds. The number of methoxy groups -OCH3 is 2. The standard InChI is InChI=1S/C36H39N5O4S2/c1-8-39(9-2)34(43)31-21(4)38-36-41(32(31)26-18-24(44-6)14-15-28(26)45-7)33(42)30(47-36)17-23-16-20(3)40(22(23)5)35-27(19-37)25-12-10-11-13-29(25)46-35/h14-18,32H,8-13H2,1-7H3/b30-17+/t32-/m1/s1. The Morgan fingerprint density at radius 1 is 1.11 bits per heavy atom. The van der Waals surface area contributed by atoms with Gasteiger partial charge in [-0.1, -0.05) is 11.3 Å². The van der Waals surface area contributed by atoms with Gasteiger partial charge in [-0.25, -0.2) is 4.99 Å². The van der Waals surface area contributed by atoms with Crippen LogP contribution in [0.1, 0.15) is 78.2 Å². The molecule has 11 heteroatoms. The zero-order valence-corrected chi connectivity index (χ0v) is 29.5. The third-order valence-electron chi connectivity index (χ3n) is 9.26. The number of fused-ring (bicyclic) bond motifs is 2. The first-order valence-electron chi connectivity index (χ1n) is 15.9. The molecule has 4 heterocycles. The van der Waals surface area contributed by atoms with Crippen molar-refractivity contribution in [1.29, 1.82) is 5.26 Å². The minimum atomic E-state index is -0.769. The first-order valence-corrected chi connectivity index (χ1v) is 17.6. The monoisotopic (exact) mass is 669 g/mol. The van der Waals surface area contributed by atoms with Gasteiger partial charge in [0.2, 0.25) is 0 Å². The van der Waals surface area contributed by atoms with Crippen LogP contribution in [0.3, 0.4) is 0 Å². The molecular formula is C36H39N5O4S2. The number of thiazole rings is 1. The SMILES string of the molecule is CCN(CC)C(=O)C1=C(C)N=c2s/c(=C/c3cc(C)n(-c4sc5c(c4C#N)CCCC5)c3C)c(=O)n2[C@@H]1c1cc(OC)ccc1OC. The summed E-state index contributed by atoms with van der Waals surface area (Å²) in [7, 11) is 3.16. The molecule has 244 valence electrons. The summed E-state index contributed by atoms with van der Waals surface area (Å²) in [6.45, 7) is 10.8. The largest absolute Gasteiger partial charge is 0.497 e. The number of hydrogen-bond donors (Lipinski definition) is 0. The lowest BCUT2D eigenvalue weighted by atomic mass is 9.93.